The topological polar surface area (TPSA) is 102 Å². The second kappa shape index (κ2) is 10.8. The van der Waals surface area contributed by atoms with Crippen molar-refractivity contribution in [3.8, 4) is 5.75 Å². The number of halogens is 1. The SMILES string of the molecule is CC[C@@H](c1nnnn1Cc1ccc(F)cc1)N(Cc1ccco1)Cc1cc2ccc(OC)cc2[nH]c1=O. The molecule has 0 amide bonds. The van der Waals surface area contributed by atoms with Crippen LogP contribution < -0.4 is 10.3 Å². The quantitative estimate of drug-likeness (QED) is 0.301. The molecule has 10 heteroatoms. The van der Waals surface area contributed by atoms with Crippen LogP contribution in [0.4, 0.5) is 4.39 Å². The second-order valence-corrected chi connectivity index (χ2v) is 8.81. The zero-order valence-electron chi connectivity index (χ0n) is 20.6. The molecule has 2 aromatic carbocycles. The van der Waals surface area contributed by atoms with Gasteiger partial charge in [-0.25, -0.2) is 9.07 Å². The van der Waals surface area contributed by atoms with E-state index in [1.54, 1.807) is 36.3 Å². The Morgan fingerprint density at radius 3 is 2.70 bits per heavy atom. The molecule has 0 radical (unpaired) electrons. The summed E-state index contributed by atoms with van der Waals surface area (Å²) in [5, 5.41) is 13.4. The molecule has 9 nitrogen and oxygen atoms in total. The summed E-state index contributed by atoms with van der Waals surface area (Å²) in [5.41, 5.74) is 2.02. The third-order valence-corrected chi connectivity index (χ3v) is 6.37. The maximum Gasteiger partial charge on any atom is 0.252 e. The number of nitrogens with zero attached hydrogens (tertiary/aromatic N) is 5. The standard InChI is InChI=1S/C27H27FN6O3/c1-3-25(26-30-31-32-34(26)15-18-6-9-21(28)10-7-18)33(17-23-5-4-12-37-23)16-20-13-19-8-11-22(36-2)14-24(19)29-27(20)35/h4-14,25H,3,15-17H2,1-2H3,(H,29,35)/t25-/m0/s1. The van der Waals surface area contributed by atoms with E-state index in [0.29, 0.717) is 48.7 Å². The molecule has 190 valence electrons. The van der Waals surface area contributed by atoms with Crippen LogP contribution in [0.1, 0.15) is 42.1 Å². The van der Waals surface area contributed by atoms with Gasteiger partial charge in [0.15, 0.2) is 5.82 Å². The van der Waals surface area contributed by atoms with Crippen molar-refractivity contribution in [2.45, 2.75) is 39.0 Å². The molecule has 0 saturated heterocycles. The van der Waals surface area contributed by atoms with Gasteiger partial charge in [-0.05, 0) is 70.3 Å². The van der Waals surface area contributed by atoms with E-state index >= 15 is 0 Å². The first-order valence-electron chi connectivity index (χ1n) is 12.0. The summed E-state index contributed by atoms with van der Waals surface area (Å²) >= 11 is 0. The van der Waals surface area contributed by atoms with Gasteiger partial charge in [0.2, 0.25) is 0 Å². The number of hydrogen-bond donors (Lipinski definition) is 1. The van der Waals surface area contributed by atoms with E-state index in [9.17, 15) is 9.18 Å². The molecule has 37 heavy (non-hydrogen) atoms. The van der Waals surface area contributed by atoms with E-state index in [1.807, 2.05) is 37.3 Å². The van der Waals surface area contributed by atoms with Gasteiger partial charge in [0, 0.05) is 18.2 Å². The molecule has 0 aliphatic heterocycles. The molecular formula is C27H27FN6O3. The lowest BCUT2D eigenvalue weighted by Crippen LogP contribution is -2.32. The number of aromatic amines is 1. The average Bonchev–Trinajstić information content (AvgIpc) is 3.58. The Labute approximate surface area is 212 Å². The third-order valence-electron chi connectivity index (χ3n) is 6.37. The highest BCUT2D eigenvalue weighted by atomic mass is 19.1. The van der Waals surface area contributed by atoms with Crippen molar-refractivity contribution in [3.05, 3.63) is 106 Å². The number of rotatable bonds is 10. The molecule has 1 N–H and O–H groups in total. The largest absolute Gasteiger partial charge is 0.497 e. The van der Waals surface area contributed by atoms with Gasteiger partial charge < -0.3 is 14.1 Å². The monoisotopic (exact) mass is 502 g/mol. The third kappa shape index (κ3) is 5.44. The number of fused-ring (bicyclic) bond motifs is 1. The Kier molecular flexibility index (Phi) is 7.09. The molecule has 0 aliphatic carbocycles. The molecule has 0 bridgehead atoms. The summed E-state index contributed by atoms with van der Waals surface area (Å²) in [6, 6.07) is 17.3. The van der Waals surface area contributed by atoms with Crippen LogP contribution in [0.2, 0.25) is 0 Å². The van der Waals surface area contributed by atoms with Gasteiger partial charge in [0.05, 0.1) is 38.0 Å². The van der Waals surface area contributed by atoms with Crippen LogP contribution in [-0.4, -0.2) is 37.2 Å². The Balaban J connectivity index is 1.49. The fourth-order valence-corrected chi connectivity index (χ4v) is 4.50. The van der Waals surface area contributed by atoms with Crippen molar-refractivity contribution >= 4 is 10.9 Å². The first-order chi connectivity index (χ1) is 18.0. The van der Waals surface area contributed by atoms with Crippen LogP contribution in [0.25, 0.3) is 10.9 Å². The highest BCUT2D eigenvalue weighted by molar-refractivity contribution is 5.80. The molecule has 0 aliphatic rings. The van der Waals surface area contributed by atoms with Crippen LogP contribution in [0.3, 0.4) is 0 Å². The van der Waals surface area contributed by atoms with Gasteiger partial charge in [-0.3, -0.25) is 9.69 Å². The Bertz CT molecular complexity index is 1530. The number of aromatic nitrogens is 5. The van der Waals surface area contributed by atoms with Crippen LogP contribution in [-0.2, 0) is 19.6 Å². The first kappa shape index (κ1) is 24.4. The number of ether oxygens (including phenoxy) is 1. The molecule has 0 saturated carbocycles. The Hall–Kier alpha value is -4.31. The predicted octanol–water partition coefficient (Wildman–Crippen LogP) is 4.46. The van der Waals surface area contributed by atoms with E-state index in [4.69, 9.17) is 9.15 Å². The lowest BCUT2D eigenvalue weighted by molar-refractivity contribution is 0.149. The molecular weight excluding hydrogens is 475 g/mol. The summed E-state index contributed by atoms with van der Waals surface area (Å²) in [4.78, 5) is 18.2. The lowest BCUT2D eigenvalue weighted by Gasteiger charge is -2.29. The van der Waals surface area contributed by atoms with Crippen LogP contribution >= 0.6 is 0 Å². The Morgan fingerprint density at radius 1 is 1.14 bits per heavy atom. The maximum atomic E-state index is 13.4. The highest BCUT2D eigenvalue weighted by Crippen LogP contribution is 2.27. The number of pyridine rings is 1. The molecule has 0 unspecified atom stereocenters. The summed E-state index contributed by atoms with van der Waals surface area (Å²) < 4.78 is 26.0. The van der Waals surface area contributed by atoms with Crippen LogP contribution in [0.15, 0.2) is 76.1 Å². The molecule has 0 spiro atoms. The van der Waals surface area contributed by atoms with Crippen LogP contribution in [0.5, 0.6) is 5.75 Å². The zero-order chi connectivity index (χ0) is 25.8. The van der Waals surface area contributed by atoms with Crippen molar-refractivity contribution in [1.29, 1.82) is 0 Å². The zero-order valence-corrected chi connectivity index (χ0v) is 20.6. The maximum absolute atomic E-state index is 13.4. The predicted molar refractivity (Wildman–Crippen MR) is 135 cm³/mol. The minimum absolute atomic E-state index is 0.175. The minimum Gasteiger partial charge on any atom is -0.497 e. The van der Waals surface area contributed by atoms with E-state index in [-0.39, 0.29) is 17.4 Å². The van der Waals surface area contributed by atoms with E-state index in [0.717, 1.165) is 16.7 Å². The smallest absolute Gasteiger partial charge is 0.252 e. The molecule has 1 atom stereocenters. The summed E-state index contributed by atoms with van der Waals surface area (Å²) in [5.74, 6) is 1.79. The van der Waals surface area contributed by atoms with Crippen molar-refractivity contribution in [3.63, 3.8) is 0 Å². The van der Waals surface area contributed by atoms with E-state index < -0.39 is 0 Å². The fourth-order valence-electron chi connectivity index (χ4n) is 4.50. The summed E-state index contributed by atoms with van der Waals surface area (Å²) in [7, 11) is 1.59. The van der Waals surface area contributed by atoms with Crippen molar-refractivity contribution in [2.24, 2.45) is 0 Å². The van der Waals surface area contributed by atoms with Gasteiger partial charge in [-0.1, -0.05) is 19.1 Å². The number of hydrogen-bond acceptors (Lipinski definition) is 7. The van der Waals surface area contributed by atoms with E-state index in [2.05, 4.69) is 25.4 Å². The van der Waals surface area contributed by atoms with Gasteiger partial charge in [-0.15, -0.1) is 5.10 Å². The minimum atomic E-state index is -0.296. The number of benzene rings is 2. The average molecular weight is 503 g/mol. The molecule has 5 rings (SSSR count). The molecule has 0 fully saturated rings. The number of tetrazole rings is 1. The van der Waals surface area contributed by atoms with Crippen LogP contribution in [0, 0.1) is 5.82 Å². The van der Waals surface area contributed by atoms with Gasteiger partial charge in [0.1, 0.15) is 17.3 Å². The summed E-state index contributed by atoms with van der Waals surface area (Å²) in [6.07, 6.45) is 2.32. The second-order valence-electron chi connectivity index (χ2n) is 8.81. The van der Waals surface area contributed by atoms with Crippen molar-refractivity contribution < 1.29 is 13.5 Å². The van der Waals surface area contributed by atoms with Crippen molar-refractivity contribution in [1.82, 2.24) is 30.1 Å². The summed E-state index contributed by atoms with van der Waals surface area (Å²) in [6.45, 7) is 3.24. The normalized spacial score (nSPS) is 12.3. The number of furan rings is 1. The van der Waals surface area contributed by atoms with Gasteiger partial charge in [-0.2, -0.15) is 0 Å². The molecule has 3 heterocycles. The highest BCUT2D eigenvalue weighted by Gasteiger charge is 2.27. The number of nitrogens with one attached hydrogen (secondary N) is 1. The molecule has 5 aromatic rings. The molecule has 3 aromatic heterocycles. The Morgan fingerprint density at radius 2 is 1.97 bits per heavy atom. The first-order valence-corrected chi connectivity index (χ1v) is 12.0. The van der Waals surface area contributed by atoms with E-state index in [1.165, 1.54) is 12.1 Å². The number of H-pyrrole nitrogens is 1. The fraction of sp³-hybridized carbons (Fsp3) is 0.259. The van der Waals surface area contributed by atoms with Crippen molar-refractivity contribution in [2.75, 3.05) is 7.11 Å². The van der Waals surface area contributed by atoms with Gasteiger partial charge >= 0.3 is 0 Å². The lowest BCUT2D eigenvalue weighted by atomic mass is 10.1. The number of methoxy groups -OCH3 is 1. The van der Waals surface area contributed by atoms with Gasteiger partial charge in [0.25, 0.3) is 5.56 Å².